The number of hydrogen-bond donors (Lipinski definition) is 0. The van der Waals surface area contributed by atoms with Gasteiger partial charge < -0.3 is 9.15 Å². The van der Waals surface area contributed by atoms with E-state index in [2.05, 4.69) is 10.2 Å². The van der Waals surface area contributed by atoms with Crippen molar-refractivity contribution in [3.63, 3.8) is 0 Å². The minimum absolute atomic E-state index is 0.0318. The highest BCUT2D eigenvalue weighted by molar-refractivity contribution is 7.90. The molecule has 1 aromatic heterocycles. The molecule has 0 fully saturated rings. The van der Waals surface area contributed by atoms with Crippen LogP contribution in [0.25, 0.3) is 11.5 Å². The number of nitrogens with zero attached hydrogens (tertiary/aromatic N) is 2. The van der Waals surface area contributed by atoms with E-state index in [4.69, 9.17) is 20.8 Å². The van der Waals surface area contributed by atoms with Crippen LogP contribution in [0.15, 0.2) is 57.8 Å². The van der Waals surface area contributed by atoms with Crippen LogP contribution < -0.4 is 0 Å². The predicted molar refractivity (Wildman–Crippen MR) is 98.1 cm³/mol. The quantitative estimate of drug-likeness (QED) is 0.595. The van der Waals surface area contributed by atoms with Crippen LogP contribution in [-0.2, 0) is 14.6 Å². The third-order valence-electron chi connectivity index (χ3n) is 3.68. The van der Waals surface area contributed by atoms with Crippen LogP contribution in [0.1, 0.15) is 29.3 Å². The Morgan fingerprint density at radius 2 is 1.85 bits per heavy atom. The summed E-state index contributed by atoms with van der Waals surface area (Å²) in [5, 5.41) is 7.91. The largest absolute Gasteiger partial charge is 0.449 e. The normalized spacial score (nSPS) is 12.6. The fourth-order valence-electron chi connectivity index (χ4n) is 2.26. The first-order valence-corrected chi connectivity index (χ1v) is 10.1. The predicted octanol–water partition coefficient (Wildman–Crippen LogP) is 3.71. The molecule has 0 radical (unpaired) electrons. The molecule has 27 heavy (non-hydrogen) atoms. The molecule has 3 aromatic rings. The van der Waals surface area contributed by atoms with Crippen molar-refractivity contribution in [3.05, 3.63) is 65.0 Å². The fourth-order valence-corrected chi connectivity index (χ4v) is 3.10. The van der Waals surface area contributed by atoms with E-state index in [1.54, 1.807) is 6.92 Å². The molecular formula is C18H15ClN2O5S. The molecule has 0 spiro atoms. The van der Waals surface area contributed by atoms with Crippen molar-refractivity contribution >= 4 is 27.4 Å². The number of rotatable bonds is 5. The van der Waals surface area contributed by atoms with Gasteiger partial charge in [0, 0.05) is 11.8 Å². The zero-order valence-electron chi connectivity index (χ0n) is 14.4. The maximum atomic E-state index is 12.4. The summed E-state index contributed by atoms with van der Waals surface area (Å²) in [6, 6.07) is 13.0. The third-order valence-corrected chi connectivity index (χ3v) is 5.12. The second kappa shape index (κ2) is 7.50. The number of ether oxygens (including phenoxy) is 1. The number of benzene rings is 2. The van der Waals surface area contributed by atoms with Crippen molar-refractivity contribution in [1.29, 1.82) is 0 Å². The van der Waals surface area contributed by atoms with E-state index >= 15 is 0 Å². The maximum Gasteiger partial charge on any atom is 0.340 e. The van der Waals surface area contributed by atoms with Crippen LogP contribution in [0.5, 0.6) is 0 Å². The highest BCUT2D eigenvalue weighted by Crippen LogP contribution is 2.26. The molecule has 2 aromatic carbocycles. The number of hydrogen-bond acceptors (Lipinski definition) is 7. The molecule has 0 unspecified atom stereocenters. The van der Waals surface area contributed by atoms with Crippen LogP contribution in [0, 0.1) is 0 Å². The Morgan fingerprint density at radius 3 is 2.52 bits per heavy atom. The van der Waals surface area contributed by atoms with Gasteiger partial charge in [0.15, 0.2) is 15.9 Å². The summed E-state index contributed by atoms with van der Waals surface area (Å²) >= 11 is 6.01. The van der Waals surface area contributed by atoms with E-state index in [9.17, 15) is 13.2 Å². The second-order valence-electron chi connectivity index (χ2n) is 5.77. The van der Waals surface area contributed by atoms with Crippen molar-refractivity contribution in [2.24, 2.45) is 0 Å². The molecule has 0 aliphatic carbocycles. The summed E-state index contributed by atoms with van der Waals surface area (Å²) < 4.78 is 34.2. The summed E-state index contributed by atoms with van der Waals surface area (Å²) in [7, 11) is -3.49. The molecule has 9 heteroatoms. The molecule has 0 saturated carbocycles. The van der Waals surface area contributed by atoms with Gasteiger partial charge in [-0.2, -0.15) is 0 Å². The van der Waals surface area contributed by atoms with Crippen LogP contribution in [-0.4, -0.2) is 30.8 Å². The summed E-state index contributed by atoms with van der Waals surface area (Å²) in [5.74, 6) is -0.388. The van der Waals surface area contributed by atoms with Gasteiger partial charge in [-0.25, -0.2) is 13.2 Å². The summed E-state index contributed by atoms with van der Waals surface area (Å²) in [5.41, 5.74) is 0.674. The van der Waals surface area contributed by atoms with Gasteiger partial charge in [0.1, 0.15) is 0 Å². The Morgan fingerprint density at radius 1 is 1.15 bits per heavy atom. The van der Waals surface area contributed by atoms with E-state index in [0.717, 1.165) is 11.8 Å². The third kappa shape index (κ3) is 4.35. The highest BCUT2D eigenvalue weighted by Gasteiger charge is 2.22. The van der Waals surface area contributed by atoms with E-state index in [1.807, 2.05) is 30.3 Å². The molecule has 1 atom stereocenters. The first-order valence-electron chi connectivity index (χ1n) is 7.85. The van der Waals surface area contributed by atoms with E-state index < -0.39 is 21.9 Å². The smallest absolute Gasteiger partial charge is 0.340 e. The SMILES string of the molecule is C[C@H](OC(=O)c1cc(S(C)(=O)=O)ccc1Cl)c1nnc(-c2ccccc2)o1. The fraction of sp³-hybridized carbons (Fsp3) is 0.167. The number of halogens is 1. The standard InChI is InChI=1S/C18H15ClN2O5S/c1-11(16-20-21-17(26-16)12-6-4-3-5-7-12)25-18(22)14-10-13(27(2,23)24)8-9-15(14)19/h3-11H,1-2H3/t11-/m0/s1. The second-order valence-corrected chi connectivity index (χ2v) is 8.20. The van der Waals surface area contributed by atoms with Gasteiger partial charge in [-0.15, -0.1) is 10.2 Å². The Labute approximate surface area is 160 Å². The number of esters is 1. The van der Waals surface area contributed by atoms with Gasteiger partial charge in [0.2, 0.25) is 5.89 Å². The average molecular weight is 407 g/mol. The first-order chi connectivity index (χ1) is 12.8. The number of aromatic nitrogens is 2. The molecule has 0 aliphatic heterocycles. The average Bonchev–Trinajstić information content (AvgIpc) is 3.12. The molecule has 3 rings (SSSR count). The molecule has 0 amide bonds. The Bertz CT molecular complexity index is 1080. The van der Waals surface area contributed by atoms with Gasteiger partial charge in [0.05, 0.1) is 15.5 Å². The molecule has 0 bridgehead atoms. The van der Waals surface area contributed by atoms with Crippen molar-refractivity contribution in [2.45, 2.75) is 17.9 Å². The number of carbonyl (C=O) groups is 1. The van der Waals surface area contributed by atoms with Crippen LogP contribution >= 0.6 is 11.6 Å². The lowest BCUT2D eigenvalue weighted by Crippen LogP contribution is -2.11. The summed E-state index contributed by atoms with van der Waals surface area (Å²) in [6.45, 7) is 1.56. The van der Waals surface area contributed by atoms with Gasteiger partial charge >= 0.3 is 5.97 Å². The van der Waals surface area contributed by atoms with Crippen LogP contribution in [0.4, 0.5) is 0 Å². The minimum Gasteiger partial charge on any atom is -0.449 e. The zero-order valence-corrected chi connectivity index (χ0v) is 16.0. The van der Waals surface area contributed by atoms with Crippen LogP contribution in [0.3, 0.4) is 0 Å². The van der Waals surface area contributed by atoms with Gasteiger partial charge in [-0.05, 0) is 37.3 Å². The van der Waals surface area contributed by atoms with Gasteiger partial charge in [-0.3, -0.25) is 0 Å². The lowest BCUT2D eigenvalue weighted by molar-refractivity contribution is 0.0280. The Kier molecular flexibility index (Phi) is 5.29. The first kappa shape index (κ1) is 19.1. The molecule has 0 N–H and O–H groups in total. The minimum atomic E-state index is -3.49. The molecule has 7 nitrogen and oxygen atoms in total. The Hall–Kier alpha value is -2.71. The summed E-state index contributed by atoms with van der Waals surface area (Å²) in [6.07, 6.45) is 0.192. The van der Waals surface area contributed by atoms with Crippen molar-refractivity contribution in [2.75, 3.05) is 6.26 Å². The molecule has 1 heterocycles. The monoisotopic (exact) mass is 406 g/mol. The number of sulfone groups is 1. The lowest BCUT2D eigenvalue weighted by Gasteiger charge is -2.11. The highest BCUT2D eigenvalue weighted by atomic mass is 35.5. The topological polar surface area (TPSA) is 99.4 Å². The van der Waals surface area contributed by atoms with Crippen molar-refractivity contribution in [1.82, 2.24) is 10.2 Å². The van der Waals surface area contributed by atoms with Crippen molar-refractivity contribution < 1.29 is 22.4 Å². The van der Waals surface area contributed by atoms with Crippen molar-refractivity contribution in [3.8, 4) is 11.5 Å². The zero-order chi connectivity index (χ0) is 19.6. The van der Waals surface area contributed by atoms with Crippen LogP contribution in [0.2, 0.25) is 5.02 Å². The molecule has 0 aliphatic rings. The maximum absolute atomic E-state index is 12.4. The van der Waals surface area contributed by atoms with Gasteiger partial charge in [0.25, 0.3) is 5.89 Å². The molecule has 0 saturated heterocycles. The molecule has 140 valence electrons. The van der Waals surface area contributed by atoms with E-state index in [-0.39, 0.29) is 21.4 Å². The summed E-state index contributed by atoms with van der Waals surface area (Å²) in [4.78, 5) is 12.4. The lowest BCUT2D eigenvalue weighted by atomic mass is 10.2. The van der Waals surface area contributed by atoms with E-state index in [0.29, 0.717) is 5.89 Å². The van der Waals surface area contributed by atoms with E-state index in [1.165, 1.54) is 18.2 Å². The van der Waals surface area contributed by atoms with Gasteiger partial charge in [-0.1, -0.05) is 29.8 Å². The number of carbonyl (C=O) groups excluding carboxylic acids is 1. The Balaban J connectivity index is 1.80. The molecular weight excluding hydrogens is 392 g/mol.